The van der Waals surface area contributed by atoms with Gasteiger partial charge < -0.3 is 15.8 Å². The predicted octanol–water partition coefficient (Wildman–Crippen LogP) is 5.32. The fourth-order valence-corrected chi connectivity index (χ4v) is 5.07. The van der Waals surface area contributed by atoms with Gasteiger partial charge in [0.25, 0.3) is 0 Å². The van der Waals surface area contributed by atoms with E-state index in [2.05, 4.69) is 36.3 Å². The molecule has 8 heteroatoms. The summed E-state index contributed by atoms with van der Waals surface area (Å²) < 4.78 is 5.45. The summed E-state index contributed by atoms with van der Waals surface area (Å²) in [6.45, 7) is 4.54. The molecule has 1 aliphatic heterocycles. The summed E-state index contributed by atoms with van der Waals surface area (Å²) in [5.41, 5.74) is 11.3. The van der Waals surface area contributed by atoms with E-state index in [1.54, 1.807) is 19.2 Å². The van der Waals surface area contributed by atoms with Crippen LogP contribution in [0.25, 0.3) is 0 Å². The topological polar surface area (TPSA) is 96.6 Å². The number of aryl methyl sites for hydroxylation is 2. The minimum absolute atomic E-state index is 0.0217. The molecule has 1 saturated carbocycles. The van der Waals surface area contributed by atoms with Gasteiger partial charge in [-0.25, -0.2) is 9.78 Å². The Kier molecular flexibility index (Phi) is 5.73. The number of carbonyl (C=O) groups is 1. The molecule has 0 atom stereocenters. The fraction of sp³-hybridized carbons (Fsp3) is 0.346. The van der Waals surface area contributed by atoms with Crippen molar-refractivity contribution >= 4 is 34.9 Å². The number of nitrogens with two attached hydrogens (primary N) is 1. The zero-order valence-electron chi connectivity index (χ0n) is 19.8. The van der Waals surface area contributed by atoms with Crippen LogP contribution in [0.2, 0.25) is 0 Å². The third kappa shape index (κ3) is 3.89. The van der Waals surface area contributed by atoms with Crippen molar-refractivity contribution in [2.45, 2.75) is 52.1 Å². The van der Waals surface area contributed by atoms with E-state index < -0.39 is 0 Å². The molecule has 34 heavy (non-hydrogen) atoms. The minimum atomic E-state index is -0.0217. The molecule has 0 bridgehead atoms. The number of nitrogens with zero attached hydrogens (tertiary/aromatic N) is 4. The smallest absolute Gasteiger partial charge is 0.330 e. The number of amides is 2. The summed E-state index contributed by atoms with van der Waals surface area (Å²) >= 11 is 0. The Morgan fingerprint density at radius 3 is 2.56 bits per heavy atom. The zero-order valence-corrected chi connectivity index (χ0v) is 19.8. The van der Waals surface area contributed by atoms with Crippen LogP contribution in [-0.4, -0.2) is 29.2 Å². The highest BCUT2D eigenvalue weighted by atomic mass is 16.5. The third-order valence-corrected chi connectivity index (χ3v) is 6.71. The quantitative estimate of drug-likeness (QED) is 0.503. The highest BCUT2D eigenvalue weighted by molar-refractivity contribution is 6.06. The normalized spacial score (nSPS) is 16.0. The van der Waals surface area contributed by atoms with Gasteiger partial charge in [0.05, 0.1) is 25.0 Å². The van der Waals surface area contributed by atoms with Crippen molar-refractivity contribution in [1.82, 2.24) is 9.97 Å². The summed E-state index contributed by atoms with van der Waals surface area (Å²) in [5.74, 6) is 1.70. The first-order valence-corrected chi connectivity index (χ1v) is 11.7. The Labute approximate surface area is 199 Å². The molecule has 1 aromatic heterocycles. The fourth-order valence-electron chi connectivity index (χ4n) is 5.07. The number of hydrogen-bond donors (Lipinski definition) is 2. The summed E-state index contributed by atoms with van der Waals surface area (Å²) in [5, 5.41) is 3.23. The molecule has 1 fully saturated rings. The number of nitrogens with one attached hydrogen (secondary N) is 1. The first-order valence-electron chi connectivity index (χ1n) is 11.7. The molecule has 0 saturated heterocycles. The lowest BCUT2D eigenvalue weighted by molar-refractivity contribution is 0.247. The Morgan fingerprint density at radius 2 is 1.85 bits per heavy atom. The van der Waals surface area contributed by atoms with Crippen molar-refractivity contribution < 1.29 is 9.53 Å². The molecular formula is C26H30N6O2. The van der Waals surface area contributed by atoms with Crippen molar-refractivity contribution in [3.05, 3.63) is 59.3 Å². The van der Waals surface area contributed by atoms with Gasteiger partial charge in [-0.2, -0.15) is 4.98 Å². The maximum absolute atomic E-state index is 13.9. The lowest BCUT2D eigenvalue weighted by atomic mass is 10.1. The maximum atomic E-state index is 13.9. The van der Waals surface area contributed by atoms with E-state index >= 15 is 0 Å². The Balaban J connectivity index is 1.55. The second-order valence-electron chi connectivity index (χ2n) is 9.04. The number of benzene rings is 2. The van der Waals surface area contributed by atoms with Gasteiger partial charge in [-0.05, 0) is 49.9 Å². The molecule has 0 unspecified atom stereocenters. The van der Waals surface area contributed by atoms with E-state index in [0.29, 0.717) is 35.4 Å². The van der Waals surface area contributed by atoms with E-state index in [9.17, 15) is 4.79 Å². The van der Waals surface area contributed by atoms with E-state index in [1.807, 2.05) is 28.1 Å². The van der Waals surface area contributed by atoms with Crippen LogP contribution in [0.1, 0.15) is 42.4 Å². The summed E-state index contributed by atoms with van der Waals surface area (Å²) in [6, 6.07) is 11.6. The summed E-state index contributed by atoms with van der Waals surface area (Å²) in [6.07, 6.45) is 6.01. The number of urea groups is 1. The number of nitrogen functional groups attached to an aromatic ring is 1. The maximum Gasteiger partial charge on any atom is 0.330 e. The predicted molar refractivity (Wildman–Crippen MR) is 135 cm³/mol. The Morgan fingerprint density at radius 1 is 1.12 bits per heavy atom. The molecule has 1 aliphatic carbocycles. The Bertz CT molecular complexity index is 1220. The van der Waals surface area contributed by atoms with Crippen LogP contribution < -0.4 is 25.6 Å². The van der Waals surface area contributed by atoms with E-state index in [-0.39, 0.29) is 12.1 Å². The SMILES string of the molecule is COc1cc(N)ccc1Nc1ncc2c(n1)N(C1CCCC1)C(=O)N(c1c(C)cccc1C)C2. The molecule has 3 aromatic rings. The van der Waals surface area contributed by atoms with Crippen molar-refractivity contribution in [3.8, 4) is 5.75 Å². The number of anilines is 5. The van der Waals surface area contributed by atoms with Crippen molar-refractivity contribution in [1.29, 1.82) is 0 Å². The van der Waals surface area contributed by atoms with Gasteiger partial charge in [0.15, 0.2) is 0 Å². The van der Waals surface area contributed by atoms with Gasteiger partial charge >= 0.3 is 6.03 Å². The number of ether oxygens (including phenoxy) is 1. The second kappa shape index (κ2) is 8.85. The van der Waals surface area contributed by atoms with Crippen molar-refractivity contribution in [3.63, 3.8) is 0 Å². The molecule has 2 heterocycles. The first kappa shape index (κ1) is 22.0. The van der Waals surface area contributed by atoms with Gasteiger partial charge in [-0.1, -0.05) is 31.0 Å². The molecule has 5 rings (SSSR count). The highest BCUT2D eigenvalue weighted by Gasteiger charge is 2.39. The first-order chi connectivity index (χ1) is 16.5. The van der Waals surface area contributed by atoms with Crippen LogP contribution in [0.15, 0.2) is 42.6 Å². The van der Waals surface area contributed by atoms with E-state index in [1.165, 1.54) is 0 Å². The van der Waals surface area contributed by atoms with Crippen LogP contribution in [0.4, 0.5) is 33.6 Å². The average Bonchev–Trinajstić information content (AvgIpc) is 3.35. The molecule has 0 spiro atoms. The summed E-state index contributed by atoms with van der Waals surface area (Å²) in [4.78, 5) is 27.1. The molecule has 8 nitrogen and oxygen atoms in total. The molecule has 2 aliphatic rings. The van der Waals surface area contributed by atoms with Gasteiger partial charge in [-0.3, -0.25) is 9.80 Å². The highest BCUT2D eigenvalue weighted by Crippen LogP contribution is 2.38. The van der Waals surface area contributed by atoms with Gasteiger partial charge in [0.1, 0.15) is 11.6 Å². The van der Waals surface area contributed by atoms with Gasteiger partial charge in [-0.15, -0.1) is 0 Å². The number of para-hydroxylation sites is 1. The number of fused-ring (bicyclic) bond motifs is 1. The Hall–Kier alpha value is -3.81. The molecular weight excluding hydrogens is 428 g/mol. The monoisotopic (exact) mass is 458 g/mol. The largest absolute Gasteiger partial charge is 0.494 e. The zero-order chi connectivity index (χ0) is 23.8. The van der Waals surface area contributed by atoms with Gasteiger partial charge in [0.2, 0.25) is 5.95 Å². The lowest BCUT2D eigenvalue weighted by Crippen LogP contribution is -2.52. The van der Waals surface area contributed by atoms with Crippen molar-refractivity contribution in [2.75, 3.05) is 28.0 Å². The number of rotatable bonds is 5. The van der Waals surface area contributed by atoms with Crippen molar-refractivity contribution in [2.24, 2.45) is 0 Å². The number of methoxy groups -OCH3 is 1. The van der Waals surface area contributed by atoms with E-state index in [0.717, 1.165) is 48.1 Å². The molecule has 3 N–H and O–H groups in total. The van der Waals surface area contributed by atoms with Crippen LogP contribution in [-0.2, 0) is 6.54 Å². The molecule has 2 amide bonds. The van der Waals surface area contributed by atoms with E-state index in [4.69, 9.17) is 15.5 Å². The standard InChI is InChI=1S/C26H30N6O2/c1-16-7-6-8-17(2)23(16)31-15-18-14-28-25(29-21-12-11-19(27)13-22(21)34-3)30-24(18)32(26(31)33)20-9-4-5-10-20/h6-8,11-14,20H,4-5,9-10,15,27H2,1-3H3,(H,28,29,30). The van der Waals surface area contributed by atoms with Crippen LogP contribution in [0.5, 0.6) is 5.75 Å². The molecule has 2 aromatic carbocycles. The third-order valence-electron chi connectivity index (χ3n) is 6.71. The number of aromatic nitrogens is 2. The second-order valence-corrected chi connectivity index (χ2v) is 9.04. The minimum Gasteiger partial charge on any atom is -0.494 e. The van der Waals surface area contributed by atoms with Gasteiger partial charge in [0, 0.05) is 29.6 Å². The van der Waals surface area contributed by atoms with Crippen LogP contribution in [0.3, 0.4) is 0 Å². The lowest BCUT2D eigenvalue weighted by Gasteiger charge is -2.40. The van der Waals surface area contributed by atoms with Crippen LogP contribution in [0, 0.1) is 13.8 Å². The molecule has 176 valence electrons. The van der Waals surface area contributed by atoms with Crippen LogP contribution >= 0.6 is 0 Å². The average molecular weight is 459 g/mol. The summed E-state index contributed by atoms with van der Waals surface area (Å²) in [7, 11) is 1.59. The number of hydrogen-bond acceptors (Lipinski definition) is 6. The molecule has 0 radical (unpaired) electrons. The number of carbonyl (C=O) groups excluding carboxylic acids is 1.